The maximum Gasteiger partial charge on any atom is 0.265 e. The van der Waals surface area contributed by atoms with E-state index in [0.717, 1.165) is 35.1 Å². The number of hydrogen-bond donors (Lipinski definition) is 1. The fraction of sp³-hybridized carbons (Fsp3) is 0.353. The molecule has 0 aliphatic heterocycles. The SMILES string of the molecule is COc1ccc(NC(=O)c2cc3c(s2)CCC(C)C3)cc1. The van der Waals surface area contributed by atoms with Crippen LogP contribution in [-0.2, 0) is 12.8 Å². The van der Waals surface area contributed by atoms with Gasteiger partial charge in [0.1, 0.15) is 5.75 Å². The second-order valence-electron chi connectivity index (χ2n) is 5.59. The number of rotatable bonds is 3. The molecule has 1 amide bonds. The molecule has 21 heavy (non-hydrogen) atoms. The van der Waals surface area contributed by atoms with E-state index in [1.165, 1.54) is 16.9 Å². The molecule has 4 heteroatoms. The van der Waals surface area contributed by atoms with Gasteiger partial charge >= 0.3 is 0 Å². The third-order valence-electron chi connectivity index (χ3n) is 3.90. The predicted molar refractivity (Wildman–Crippen MR) is 86.5 cm³/mol. The molecule has 0 bridgehead atoms. The van der Waals surface area contributed by atoms with Crippen LogP contribution in [0.1, 0.15) is 33.5 Å². The van der Waals surface area contributed by atoms with Crippen molar-refractivity contribution in [3.8, 4) is 5.75 Å². The second-order valence-corrected chi connectivity index (χ2v) is 6.73. The Morgan fingerprint density at radius 3 is 2.81 bits per heavy atom. The van der Waals surface area contributed by atoms with Crippen molar-refractivity contribution in [1.29, 1.82) is 0 Å². The first-order chi connectivity index (χ1) is 10.2. The standard InChI is InChI=1S/C17H19NO2S/c1-11-3-8-15-12(9-11)10-16(21-15)17(19)18-13-4-6-14(20-2)7-5-13/h4-7,10-11H,3,8-9H2,1-2H3,(H,18,19). The molecule has 110 valence electrons. The zero-order valence-corrected chi connectivity index (χ0v) is 13.1. The minimum atomic E-state index is -0.0211. The number of carbonyl (C=O) groups excluding carboxylic acids is 1. The van der Waals surface area contributed by atoms with Crippen LogP contribution in [0.15, 0.2) is 30.3 Å². The van der Waals surface area contributed by atoms with E-state index >= 15 is 0 Å². The maximum atomic E-state index is 12.3. The summed E-state index contributed by atoms with van der Waals surface area (Å²) in [7, 11) is 1.63. The van der Waals surface area contributed by atoms with E-state index < -0.39 is 0 Å². The molecule has 3 rings (SSSR count). The molecule has 0 spiro atoms. The van der Waals surface area contributed by atoms with Crippen LogP contribution >= 0.6 is 11.3 Å². The van der Waals surface area contributed by atoms with Crippen molar-refractivity contribution in [3.05, 3.63) is 45.6 Å². The molecule has 0 radical (unpaired) electrons. The van der Waals surface area contributed by atoms with Crippen molar-refractivity contribution in [1.82, 2.24) is 0 Å². The minimum absolute atomic E-state index is 0.0211. The van der Waals surface area contributed by atoms with Crippen LogP contribution in [0.3, 0.4) is 0 Å². The van der Waals surface area contributed by atoms with Crippen molar-refractivity contribution in [2.75, 3.05) is 12.4 Å². The summed E-state index contributed by atoms with van der Waals surface area (Å²) in [6, 6.07) is 9.46. The number of thiophene rings is 1. The number of anilines is 1. The molecule has 2 aromatic rings. The number of carbonyl (C=O) groups is 1. The summed E-state index contributed by atoms with van der Waals surface area (Å²) in [5.41, 5.74) is 2.15. The third kappa shape index (κ3) is 3.10. The van der Waals surface area contributed by atoms with Crippen LogP contribution in [0.5, 0.6) is 5.75 Å². The fourth-order valence-corrected chi connectivity index (χ4v) is 3.79. The largest absolute Gasteiger partial charge is 0.497 e. The van der Waals surface area contributed by atoms with Crippen LogP contribution in [-0.4, -0.2) is 13.0 Å². The van der Waals surface area contributed by atoms with Crippen molar-refractivity contribution < 1.29 is 9.53 Å². The Morgan fingerprint density at radius 2 is 2.10 bits per heavy atom. The molecule has 1 aromatic carbocycles. The first-order valence-electron chi connectivity index (χ1n) is 7.22. The molecular weight excluding hydrogens is 282 g/mol. The van der Waals surface area contributed by atoms with Gasteiger partial charge in [0, 0.05) is 10.6 Å². The highest BCUT2D eigenvalue weighted by Crippen LogP contribution is 2.32. The topological polar surface area (TPSA) is 38.3 Å². The van der Waals surface area contributed by atoms with Gasteiger partial charge in [0.25, 0.3) is 5.91 Å². The van der Waals surface area contributed by atoms with E-state index in [0.29, 0.717) is 0 Å². The fourth-order valence-electron chi connectivity index (χ4n) is 2.68. The molecule has 0 fully saturated rings. The molecular formula is C17H19NO2S. The molecule has 0 saturated heterocycles. The number of ether oxygens (including phenoxy) is 1. The number of fused-ring (bicyclic) bond motifs is 1. The second kappa shape index (κ2) is 5.90. The van der Waals surface area contributed by atoms with E-state index in [2.05, 4.69) is 18.3 Å². The van der Waals surface area contributed by atoms with E-state index in [-0.39, 0.29) is 5.91 Å². The van der Waals surface area contributed by atoms with Gasteiger partial charge in [-0.15, -0.1) is 11.3 Å². The molecule has 1 N–H and O–H groups in total. The molecule has 3 nitrogen and oxygen atoms in total. The summed E-state index contributed by atoms with van der Waals surface area (Å²) in [6.07, 6.45) is 3.44. The number of aryl methyl sites for hydroxylation is 1. The van der Waals surface area contributed by atoms with Crippen LogP contribution in [0.25, 0.3) is 0 Å². The lowest BCUT2D eigenvalue weighted by Crippen LogP contribution is -2.10. The molecule has 1 aliphatic rings. The Balaban J connectivity index is 1.73. The average Bonchev–Trinajstić information content (AvgIpc) is 2.91. The molecule has 1 aliphatic carbocycles. The lowest BCUT2D eigenvalue weighted by molar-refractivity contribution is 0.103. The summed E-state index contributed by atoms with van der Waals surface area (Å²) in [4.78, 5) is 14.5. The molecule has 1 unspecified atom stereocenters. The van der Waals surface area contributed by atoms with E-state index in [4.69, 9.17) is 4.74 Å². The quantitative estimate of drug-likeness (QED) is 0.925. The highest BCUT2D eigenvalue weighted by atomic mass is 32.1. The van der Waals surface area contributed by atoms with Gasteiger partial charge in [-0.2, -0.15) is 0 Å². The summed E-state index contributed by atoms with van der Waals surface area (Å²) < 4.78 is 5.11. The van der Waals surface area contributed by atoms with Gasteiger partial charge in [-0.05, 0) is 61.1 Å². The van der Waals surface area contributed by atoms with Crippen LogP contribution in [0.2, 0.25) is 0 Å². The Morgan fingerprint density at radius 1 is 1.33 bits per heavy atom. The average molecular weight is 301 g/mol. The number of hydrogen-bond acceptors (Lipinski definition) is 3. The Labute approximate surface area is 129 Å². The first kappa shape index (κ1) is 14.1. The lowest BCUT2D eigenvalue weighted by atomic mass is 9.90. The van der Waals surface area contributed by atoms with Crippen LogP contribution in [0, 0.1) is 5.92 Å². The highest BCUT2D eigenvalue weighted by molar-refractivity contribution is 7.14. The van der Waals surface area contributed by atoms with Gasteiger partial charge in [-0.1, -0.05) is 6.92 Å². The van der Waals surface area contributed by atoms with E-state index in [1.54, 1.807) is 18.4 Å². The van der Waals surface area contributed by atoms with Crippen molar-refractivity contribution in [2.24, 2.45) is 5.92 Å². The molecule has 1 heterocycles. The van der Waals surface area contributed by atoms with Gasteiger partial charge in [0.05, 0.1) is 12.0 Å². The van der Waals surface area contributed by atoms with Gasteiger partial charge in [-0.25, -0.2) is 0 Å². The Hall–Kier alpha value is -1.81. The zero-order valence-electron chi connectivity index (χ0n) is 12.3. The molecule has 0 saturated carbocycles. The lowest BCUT2D eigenvalue weighted by Gasteiger charge is -2.16. The van der Waals surface area contributed by atoms with Crippen molar-refractivity contribution >= 4 is 22.9 Å². The van der Waals surface area contributed by atoms with Crippen molar-refractivity contribution in [3.63, 3.8) is 0 Å². The van der Waals surface area contributed by atoms with E-state index in [9.17, 15) is 4.79 Å². The van der Waals surface area contributed by atoms with E-state index in [1.807, 2.05) is 24.3 Å². The summed E-state index contributed by atoms with van der Waals surface area (Å²) in [5, 5.41) is 2.95. The Bertz CT molecular complexity index is 645. The first-order valence-corrected chi connectivity index (χ1v) is 8.04. The zero-order chi connectivity index (χ0) is 14.8. The van der Waals surface area contributed by atoms with Gasteiger partial charge in [-0.3, -0.25) is 4.79 Å². The summed E-state index contributed by atoms with van der Waals surface area (Å²) >= 11 is 1.64. The number of benzene rings is 1. The summed E-state index contributed by atoms with van der Waals surface area (Å²) in [5.74, 6) is 1.49. The minimum Gasteiger partial charge on any atom is -0.497 e. The molecule has 1 aromatic heterocycles. The molecule has 1 atom stereocenters. The normalized spacial score (nSPS) is 17.1. The van der Waals surface area contributed by atoms with Gasteiger partial charge in [0.2, 0.25) is 0 Å². The number of methoxy groups -OCH3 is 1. The maximum absolute atomic E-state index is 12.3. The van der Waals surface area contributed by atoms with Crippen LogP contribution < -0.4 is 10.1 Å². The third-order valence-corrected chi connectivity index (χ3v) is 5.14. The smallest absolute Gasteiger partial charge is 0.265 e. The van der Waals surface area contributed by atoms with Crippen LogP contribution in [0.4, 0.5) is 5.69 Å². The predicted octanol–water partition coefficient (Wildman–Crippen LogP) is 4.13. The monoisotopic (exact) mass is 301 g/mol. The summed E-state index contributed by atoms with van der Waals surface area (Å²) in [6.45, 7) is 2.28. The van der Waals surface area contributed by atoms with Gasteiger partial charge in [0.15, 0.2) is 0 Å². The number of amides is 1. The number of nitrogens with one attached hydrogen (secondary N) is 1. The highest BCUT2D eigenvalue weighted by Gasteiger charge is 2.20. The van der Waals surface area contributed by atoms with Crippen molar-refractivity contribution in [2.45, 2.75) is 26.2 Å². The Kier molecular flexibility index (Phi) is 3.97. The van der Waals surface area contributed by atoms with Gasteiger partial charge < -0.3 is 10.1 Å².